The Labute approximate surface area is 661 Å². The highest BCUT2D eigenvalue weighted by molar-refractivity contribution is 7.89. The lowest BCUT2D eigenvalue weighted by Gasteiger charge is -2.40. The number of aromatic amines is 4. The zero-order valence-electron chi connectivity index (χ0n) is 62.8. The van der Waals surface area contributed by atoms with Gasteiger partial charge in [0.25, 0.3) is 0 Å². The zero-order valence-corrected chi connectivity index (χ0v) is 66.6. The van der Waals surface area contributed by atoms with Crippen LogP contribution in [0.15, 0.2) is 170 Å². The van der Waals surface area contributed by atoms with E-state index < -0.39 is 16.1 Å². The number of H-pyrrole nitrogens is 4. The number of benzene rings is 8. The van der Waals surface area contributed by atoms with Gasteiger partial charge in [0, 0.05) is 113 Å². The summed E-state index contributed by atoms with van der Waals surface area (Å²) in [5.74, 6) is 3.55. The number of ether oxygens (including phenoxy) is 5. The lowest BCUT2D eigenvalue weighted by Crippen LogP contribution is -2.44. The fourth-order valence-corrected chi connectivity index (χ4v) is 18.7. The summed E-state index contributed by atoms with van der Waals surface area (Å²) in [5.41, 5.74) is 17.0. The fourth-order valence-electron chi connectivity index (χ4n) is 16.8. The molecule has 8 heterocycles. The van der Waals surface area contributed by atoms with E-state index in [1.807, 2.05) is 132 Å². The van der Waals surface area contributed by atoms with Crippen molar-refractivity contribution in [1.29, 1.82) is 0 Å². The topological polar surface area (TPSA) is 199 Å². The largest absolute Gasteiger partial charge is 0.497 e. The van der Waals surface area contributed by atoms with E-state index in [2.05, 4.69) is 70.3 Å². The van der Waals surface area contributed by atoms with Gasteiger partial charge in [-0.1, -0.05) is 122 Å². The maximum absolute atomic E-state index is 13.8. The van der Waals surface area contributed by atoms with E-state index in [9.17, 15) is 22.4 Å². The number of nitrogens with one attached hydrogen (secondary N) is 5. The van der Waals surface area contributed by atoms with Gasteiger partial charge < -0.3 is 48.9 Å². The molecule has 0 bridgehead atoms. The van der Waals surface area contributed by atoms with Crippen LogP contribution in [0.2, 0.25) is 20.1 Å². The first-order valence-corrected chi connectivity index (χ1v) is 40.8. The van der Waals surface area contributed by atoms with E-state index in [4.69, 9.17) is 70.1 Å². The average molecular weight is 1590 g/mol. The van der Waals surface area contributed by atoms with Gasteiger partial charge in [-0.25, -0.2) is 22.4 Å². The molecule has 7 atom stereocenters. The Kier molecular flexibility index (Phi) is 23.5. The molecule has 4 unspecified atom stereocenters. The van der Waals surface area contributed by atoms with Crippen molar-refractivity contribution in [2.75, 3.05) is 59.9 Å². The number of carbonyl (C=O) groups excluding carboxylic acids is 2. The second-order valence-corrected chi connectivity index (χ2v) is 33.1. The lowest BCUT2D eigenvalue weighted by molar-refractivity contribution is -0.0147. The molecule has 2 amide bonds. The van der Waals surface area contributed by atoms with E-state index >= 15 is 0 Å². The Hall–Kier alpha value is -9.18. The molecule has 8 aromatic carbocycles. The number of hydrogen-bond acceptors (Lipinski definition) is 10. The molecule has 1 saturated carbocycles. The van der Waals surface area contributed by atoms with Crippen LogP contribution < -0.4 is 19.5 Å². The van der Waals surface area contributed by atoms with Gasteiger partial charge in [-0.05, 0) is 236 Å². The van der Waals surface area contributed by atoms with Crippen LogP contribution in [0.5, 0.6) is 17.2 Å². The normalized spacial score (nSPS) is 19.6. The molecule has 17 rings (SSSR count). The number of carbonyl (C=O) groups is 2. The van der Waals surface area contributed by atoms with Gasteiger partial charge in [0.1, 0.15) is 41.3 Å². The molecule has 5 N–H and O–H groups in total. The molecule has 17 nitrogen and oxygen atoms in total. The average Bonchev–Trinajstić information content (AvgIpc) is 1.58. The molecular formula is C87H91Cl4FN8O9S. The van der Waals surface area contributed by atoms with Crippen molar-refractivity contribution < 1.29 is 46.1 Å². The molecule has 0 spiro atoms. The number of aromatic nitrogens is 4. The fraction of sp³-hybridized carbons (Fsp3) is 0.333. The van der Waals surface area contributed by atoms with Crippen molar-refractivity contribution in [2.45, 2.75) is 110 Å². The highest BCUT2D eigenvalue weighted by atomic mass is 35.5. The summed E-state index contributed by atoms with van der Waals surface area (Å²) < 4.78 is 68.5. The maximum atomic E-state index is 13.8. The molecule has 574 valence electrons. The highest BCUT2D eigenvalue weighted by Gasteiger charge is 2.42. The number of hydrogen-bond donors (Lipinski definition) is 5. The SMILES string of the molecule is CCOC(=O)N1CCc2c([nH]c3ccc(F)cc23)C1c1ccc(OC)cc1.CCS(=O)(=O)N1CCc2c([nH]c3ccc(Cl)cc23)C1c1ccc(OC)cc1.COc1ccc(C2c3[nH]c4ccc(Cl)cc4c3CCN2C(=O)O[C@H]2C[C@@H](C)CC[C@@H]2C(C)C)cc1.Clc1ccc(C2NCCc3c2[nH]c2ccc(Cl)cc32)cc1. The lowest BCUT2D eigenvalue weighted by atomic mass is 9.75. The highest BCUT2D eigenvalue weighted by Crippen LogP contribution is 2.46. The summed E-state index contributed by atoms with van der Waals surface area (Å²) >= 11 is 24.7. The number of nitrogens with zero attached hydrogens (tertiary/aromatic N) is 3. The van der Waals surface area contributed by atoms with Crippen LogP contribution in [0.25, 0.3) is 43.6 Å². The number of methoxy groups -OCH3 is 3. The van der Waals surface area contributed by atoms with E-state index in [0.29, 0.717) is 66.9 Å². The number of rotatable bonds is 12. The van der Waals surface area contributed by atoms with Crippen LogP contribution in [-0.2, 0) is 45.2 Å². The Bertz CT molecular complexity index is 5420. The third-order valence-electron chi connectivity index (χ3n) is 22.3. The van der Waals surface area contributed by atoms with Crippen molar-refractivity contribution in [3.8, 4) is 17.2 Å². The Morgan fingerprint density at radius 2 is 0.909 bits per heavy atom. The monoisotopic (exact) mass is 1580 g/mol. The molecule has 110 heavy (non-hydrogen) atoms. The third-order valence-corrected chi connectivity index (χ3v) is 25.1. The van der Waals surface area contributed by atoms with Gasteiger partial charge in [-0.3, -0.25) is 9.80 Å². The number of fused-ring (bicyclic) bond motifs is 12. The summed E-state index contributed by atoms with van der Waals surface area (Å²) in [6, 6.07) is 52.8. The Morgan fingerprint density at radius 1 is 0.500 bits per heavy atom. The molecule has 0 radical (unpaired) electrons. The van der Waals surface area contributed by atoms with E-state index in [-0.39, 0.29) is 48.0 Å². The minimum atomic E-state index is -3.37. The van der Waals surface area contributed by atoms with Crippen LogP contribution in [0.1, 0.15) is 145 Å². The third kappa shape index (κ3) is 16.0. The number of halogens is 5. The first kappa shape index (κ1) is 77.5. The Balaban J connectivity index is 0.000000124. The maximum Gasteiger partial charge on any atom is 0.410 e. The predicted octanol–water partition coefficient (Wildman–Crippen LogP) is 20.6. The first-order chi connectivity index (χ1) is 53.1. The van der Waals surface area contributed by atoms with E-state index in [0.717, 1.165) is 143 Å². The molecule has 4 aromatic heterocycles. The predicted molar refractivity (Wildman–Crippen MR) is 437 cm³/mol. The first-order valence-electron chi connectivity index (χ1n) is 37.6. The second kappa shape index (κ2) is 33.4. The van der Waals surface area contributed by atoms with E-state index in [1.54, 1.807) is 56.5 Å². The van der Waals surface area contributed by atoms with Gasteiger partial charge in [0.15, 0.2) is 0 Å². The minimum Gasteiger partial charge on any atom is -0.497 e. The molecule has 1 aliphatic carbocycles. The quantitative estimate of drug-likeness (QED) is 0.0784. The summed E-state index contributed by atoms with van der Waals surface area (Å²) in [4.78, 5) is 44.0. The van der Waals surface area contributed by atoms with Crippen LogP contribution in [0.3, 0.4) is 0 Å². The number of amides is 2. The summed E-state index contributed by atoms with van der Waals surface area (Å²) in [6.45, 7) is 13.0. The van der Waals surface area contributed by atoms with Crippen molar-refractivity contribution >= 4 is 112 Å². The summed E-state index contributed by atoms with van der Waals surface area (Å²) in [6.07, 6.45) is 5.71. The van der Waals surface area contributed by atoms with Gasteiger partial charge in [0.2, 0.25) is 10.0 Å². The summed E-state index contributed by atoms with van der Waals surface area (Å²) in [5, 5.41) is 10.8. The molecule has 5 aliphatic rings. The zero-order chi connectivity index (χ0) is 77.2. The van der Waals surface area contributed by atoms with Crippen LogP contribution >= 0.6 is 46.4 Å². The molecular weight excluding hydrogens is 1490 g/mol. The molecule has 12 aromatic rings. The van der Waals surface area contributed by atoms with Crippen LogP contribution in [-0.4, -0.2) is 121 Å². The van der Waals surface area contributed by atoms with Gasteiger partial charge in [-0.2, -0.15) is 4.31 Å². The van der Waals surface area contributed by atoms with Crippen molar-refractivity contribution in [3.63, 3.8) is 0 Å². The molecule has 0 saturated heterocycles. The van der Waals surface area contributed by atoms with Crippen molar-refractivity contribution in [1.82, 2.24) is 39.4 Å². The molecule has 23 heteroatoms. The van der Waals surface area contributed by atoms with Gasteiger partial charge in [-0.15, -0.1) is 0 Å². The van der Waals surface area contributed by atoms with E-state index in [1.165, 1.54) is 40.3 Å². The number of sulfonamides is 1. The van der Waals surface area contributed by atoms with Crippen LogP contribution in [0, 0.1) is 23.6 Å². The minimum absolute atomic E-state index is 0.0364. The van der Waals surface area contributed by atoms with Gasteiger partial charge >= 0.3 is 12.2 Å². The second-order valence-electron chi connectivity index (χ2n) is 29.1. The Morgan fingerprint density at radius 3 is 1.37 bits per heavy atom. The van der Waals surface area contributed by atoms with Crippen molar-refractivity contribution in [3.05, 3.63) is 263 Å². The van der Waals surface area contributed by atoms with Crippen molar-refractivity contribution in [2.24, 2.45) is 17.8 Å². The van der Waals surface area contributed by atoms with Crippen LogP contribution in [0.4, 0.5) is 14.0 Å². The van der Waals surface area contributed by atoms with Gasteiger partial charge in [0.05, 0.1) is 45.8 Å². The summed E-state index contributed by atoms with van der Waals surface area (Å²) in [7, 11) is 1.53. The molecule has 4 aliphatic heterocycles. The smallest absolute Gasteiger partial charge is 0.410 e. The standard InChI is InChI=1S/C29H35ClN2O3.C21H21FN2O3.C20H21ClN2O3S.C17H14Cl2N2/c1-17(2)22-11-5-18(3)15-26(22)35-29(33)32-14-13-23-24-16-20(30)8-12-25(24)31-27(23)28(32)19-6-9-21(34-4)10-7-19;1-3-27-21(25)24-11-10-16-17-12-14(22)6-9-18(17)23-19(16)20(24)13-4-7-15(26-2)8-5-13;1-3-27(24,25)23-11-10-16-17-12-14(21)6-9-18(17)22-19(16)20(23)13-4-7-15(26-2)8-5-13;18-11-3-1-10(2-4-11)16-17-13(7-8-20-16)14-9-12(19)5-6-15(14)21-17/h6-10,12,16-18,22,26,28,31H,5,11,13-15H2,1-4H3;4-9,12,20,23H,3,10-11H2,1-2H3;4-9,12,20,22H,3,10-11H2,1-2H3;1-6,9,16,20-21H,7-8H2/t18-,22+,26-,28?;;;/m0.../s1. The molecule has 1 fully saturated rings.